The average molecular weight is 375 g/mol. The number of nitrogens with one attached hydrogen (secondary N) is 2. The third-order valence-electron chi connectivity index (χ3n) is 5.00. The molecule has 1 aliphatic rings. The first-order valence-electron chi connectivity index (χ1n) is 10.1. The fourth-order valence-corrected chi connectivity index (χ4v) is 3.48. The number of piperazine rings is 1. The monoisotopic (exact) mass is 374 g/mol. The van der Waals surface area contributed by atoms with Crippen LogP contribution in [0.25, 0.3) is 0 Å². The van der Waals surface area contributed by atoms with E-state index in [2.05, 4.69) is 41.2 Å². The average Bonchev–Trinajstić information content (AvgIpc) is 2.64. The molecule has 6 nitrogen and oxygen atoms in total. The van der Waals surface area contributed by atoms with Gasteiger partial charge in [-0.15, -0.1) is 0 Å². The summed E-state index contributed by atoms with van der Waals surface area (Å²) in [5, 5.41) is 6.08. The van der Waals surface area contributed by atoms with Gasteiger partial charge in [0.05, 0.1) is 13.1 Å². The van der Waals surface area contributed by atoms with Gasteiger partial charge in [-0.05, 0) is 31.4 Å². The first kappa shape index (κ1) is 21.4. The lowest BCUT2D eigenvalue weighted by atomic mass is 10.1. The van der Waals surface area contributed by atoms with Gasteiger partial charge in [-0.3, -0.25) is 19.4 Å². The highest BCUT2D eigenvalue weighted by molar-refractivity contribution is 5.93. The van der Waals surface area contributed by atoms with E-state index in [-0.39, 0.29) is 17.9 Å². The molecular weight excluding hydrogens is 340 g/mol. The molecule has 0 bridgehead atoms. The van der Waals surface area contributed by atoms with Crippen molar-refractivity contribution in [3.8, 4) is 0 Å². The largest absolute Gasteiger partial charge is 0.353 e. The minimum absolute atomic E-state index is 0.0236. The molecule has 1 aliphatic heterocycles. The van der Waals surface area contributed by atoms with E-state index in [9.17, 15) is 9.59 Å². The summed E-state index contributed by atoms with van der Waals surface area (Å²) >= 11 is 0. The number of hydrogen-bond acceptors (Lipinski definition) is 4. The third-order valence-corrected chi connectivity index (χ3v) is 5.00. The van der Waals surface area contributed by atoms with Crippen LogP contribution in [0.5, 0.6) is 0 Å². The smallest absolute Gasteiger partial charge is 0.238 e. The van der Waals surface area contributed by atoms with Gasteiger partial charge in [0.15, 0.2) is 0 Å². The summed E-state index contributed by atoms with van der Waals surface area (Å²) in [7, 11) is 0. The molecule has 0 aliphatic carbocycles. The van der Waals surface area contributed by atoms with E-state index in [1.807, 2.05) is 24.3 Å². The number of benzene rings is 1. The number of aryl methyl sites for hydroxylation is 1. The Morgan fingerprint density at radius 3 is 2.19 bits per heavy atom. The fraction of sp³-hybridized carbons (Fsp3) is 0.619. The van der Waals surface area contributed by atoms with Crippen molar-refractivity contribution in [1.29, 1.82) is 0 Å². The molecule has 1 aromatic carbocycles. The Bertz CT molecular complexity index is 612. The molecule has 2 rings (SSSR count). The van der Waals surface area contributed by atoms with Gasteiger partial charge in [-0.1, -0.05) is 38.5 Å². The first-order valence-corrected chi connectivity index (χ1v) is 10.1. The maximum atomic E-state index is 12.4. The van der Waals surface area contributed by atoms with Crippen LogP contribution in [0.15, 0.2) is 24.3 Å². The molecule has 0 unspecified atom stereocenters. The molecule has 1 aromatic rings. The third kappa shape index (κ3) is 7.31. The number of carbonyl (C=O) groups excluding carboxylic acids is 2. The van der Waals surface area contributed by atoms with Crippen LogP contribution in [-0.2, 0) is 16.0 Å². The molecule has 6 heteroatoms. The summed E-state index contributed by atoms with van der Waals surface area (Å²) in [5.74, 6) is 0.119. The second kappa shape index (κ2) is 11.0. The van der Waals surface area contributed by atoms with E-state index in [4.69, 9.17) is 0 Å². The first-order chi connectivity index (χ1) is 13.0. The van der Waals surface area contributed by atoms with Crippen LogP contribution in [0, 0.1) is 0 Å². The molecule has 150 valence electrons. The van der Waals surface area contributed by atoms with Gasteiger partial charge in [0.2, 0.25) is 11.8 Å². The van der Waals surface area contributed by atoms with Crippen molar-refractivity contribution in [1.82, 2.24) is 15.1 Å². The summed E-state index contributed by atoms with van der Waals surface area (Å²) in [5.41, 5.74) is 2.06. The fourth-order valence-electron chi connectivity index (χ4n) is 3.48. The summed E-state index contributed by atoms with van der Waals surface area (Å²) in [4.78, 5) is 28.8. The Morgan fingerprint density at radius 1 is 1.00 bits per heavy atom. The lowest BCUT2D eigenvalue weighted by Crippen LogP contribution is -2.51. The van der Waals surface area contributed by atoms with E-state index in [0.717, 1.165) is 56.7 Å². The Kier molecular flexibility index (Phi) is 8.75. The van der Waals surface area contributed by atoms with Gasteiger partial charge >= 0.3 is 0 Å². The zero-order chi connectivity index (χ0) is 19.6. The maximum Gasteiger partial charge on any atom is 0.238 e. The van der Waals surface area contributed by atoms with Gasteiger partial charge in [-0.25, -0.2) is 0 Å². The number of nitrogens with zero attached hydrogens (tertiary/aromatic N) is 2. The zero-order valence-corrected chi connectivity index (χ0v) is 17.0. The lowest BCUT2D eigenvalue weighted by Gasteiger charge is -2.34. The van der Waals surface area contributed by atoms with Crippen molar-refractivity contribution in [3.05, 3.63) is 29.8 Å². The quantitative estimate of drug-likeness (QED) is 0.695. The summed E-state index contributed by atoms with van der Waals surface area (Å²) < 4.78 is 0. The van der Waals surface area contributed by atoms with Crippen molar-refractivity contribution in [2.24, 2.45) is 0 Å². The van der Waals surface area contributed by atoms with Gasteiger partial charge in [0.1, 0.15) is 0 Å². The molecule has 1 saturated heterocycles. The Morgan fingerprint density at radius 2 is 1.59 bits per heavy atom. The van der Waals surface area contributed by atoms with Crippen LogP contribution in [0.3, 0.4) is 0 Å². The van der Waals surface area contributed by atoms with Gasteiger partial charge in [0.25, 0.3) is 0 Å². The number of rotatable bonds is 9. The molecule has 1 heterocycles. The topological polar surface area (TPSA) is 64.7 Å². The Hall–Kier alpha value is -1.92. The Labute approximate surface area is 163 Å². The van der Waals surface area contributed by atoms with Crippen LogP contribution in [0.2, 0.25) is 0 Å². The molecule has 1 atom stereocenters. The number of hydrogen-bond donors (Lipinski definition) is 2. The number of carbonyl (C=O) groups is 2. The number of amides is 2. The van der Waals surface area contributed by atoms with Crippen LogP contribution < -0.4 is 10.6 Å². The van der Waals surface area contributed by atoms with Crippen molar-refractivity contribution in [2.45, 2.75) is 46.1 Å². The van der Waals surface area contributed by atoms with Crippen LogP contribution in [0.4, 0.5) is 5.69 Å². The van der Waals surface area contributed by atoms with Crippen molar-refractivity contribution in [3.63, 3.8) is 0 Å². The van der Waals surface area contributed by atoms with Crippen molar-refractivity contribution >= 4 is 17.5 Å². The highest BCUT2D eigenvalue weighted by Crippen LogP contribution is 2.15. The highest BCUT2D eigenvalue weighted by Gasteiger charge is 2.21. The number of para-hydroxylation sites is 1. The van der Waals surface area contributed by atoms with Crippen molar-refractivity contribution in [2.75, 3.05) is 44.6 Å². The molecule has 0 saturated carbocycles. The zero-order valence-electron chi connectivity index (χ0n) is 17.0. The molecule has 0 aromatic heterocycles. The van der Waals surface area contributed by atoms with Gasteiger partial charge in [-0.2, -0.15) is 0 Å². The van der Waals surface area contributed by atoms with Gasteiger partial charge in [0, 0.05) is 37.9 Å². The standard InChI is InChI=1S/C21H34N4O2/c1-4-8-17(3)22-20(26)15-24-11-13-25(14-12-24)16-21(27)23-19-10-7-6-9-18(19)5-2/h6-7,9-10,17H,4-5,8,11-16H2,1-3H3,(H,22,26)(H,23,27)/t17-/m0/s1. The van der Waals surface area contributed by atoms with E-state index in [1.54, 1.807) is 0 Å². The summed E-state index contributed by atoms with van der Waals surface area (Å²) in [6, 6.07) is 8.17. The normalized spacial score (nSPS) is 16.7. The SMILES string of the molecule is CCC[C@H](C)NC(=O)CN1CCN(CC(=O)Nc2ccccc2CC)CC1. The predicted molar refractivity (Wildman–Crippen MR) is 110 cm³/mol. The van der Waals surface area contributed by atoms with Crippen LogP contribution >= 0.6 is 0 Å². The Balaban J connectivity index is 1.71. The second-order valence-corrected chi connectivity index (χ2v) is 7.37. The maximum absolute atomic E-state index is 12.4. The molecule has 0 spiro atoms. The van der Waals surface area contributed by atoms with Crippen LogP contribution in [0.1, 0.15) is 39.2 Å². The number of anilines is 1. The highest BCUT2D eigenvalue weighted by atomic mass is 16.2. The molecule has 27 heavy (non-hydrogen) atoms. The predicted octanol–water partition coefficient (Wildman–Crippen LogP) is 2.11. The summed E-state index contributed by atoms with van der Waals surface area (Å²) in [6.07, 6.45) is 2.98. The molecule has 1 fully saturated rings. The molecule has 0 radical (unpaired) electrons. The van der Waals surface area contributed by atoms with Crippen LogP contribution in [-0.4, -0.2) is 66.9 Å². The van der Waals surface area contributed by atoms with E-state index >= 15 is 0 Å². The molecule has 2 amide bonds. The lowest BCUT2D eigenvalue weighted by molar-refractivity contribution is -0.124. The minimum atomic E-state index is 0.0236. The van der Waals surface area contributed by atoms with E-state index in [1.165, 1.54) is 0 Å². The van der Waals surface area contributed by atoms with E-state index in [0.29, 0.717) is 13.1 Å². The summed E-state index contributed by atoms with van der Waals surface area (Å²) in [6.45, 7) is 10.3. The second-order valence-electron chi connectivity index (χ2n) is 7.37. The van der Waals surface area contributed by atoms with E-state index < -0.39 is 0 Å². The molecular formula is C21H34N4O2. The minimum Gasteiger partial charge on any atom is -0.353 e. The molecule has 2 N–H and O–H groups in total. The van der Waals surface area contributed by atoms with Crippen molar-refractivity contribution < 1.29 is 9.59 Å². The van der Waals surface area contributed by atoms with Gasteiger partial charge < -0.3 is 10.6 Å².